The highest BCUT2D eigenvalue weighted by Gasteiger charge is 2.15. The number of nitrogens with one attached hydrogen (secondary N) is 2. The van der Waals surface area contributed by atoms with E-state index in [0.717, 1.165) is 0 Å². The molecule has 4 N–H and O–H groups in total. The standard InChI is InChI=1S/C10H20N2O4/c1-3-7(9(13)14)11-5-6-12-8(4-2)10(15)16/h7-8,11-12H,3-6H2,1-2H3,(H,13,14)(H,15,16)/t7-,8-/m1/s1. The van der Waals surface area contributed by atoms with Crippen LogP contribution in [0.1, 0.15) is 26.7 Å². The van der Waals surface area contributed by atoms with Crippen LogP contribution in [0.2, 0.25) is 0 Å². The van der Waals surface area contributed by atoms with Gasteiger partial charge in [-0.2, -0.15) is 0 Å². The second-order valence-electron chi connectivity index (χ2n) is 3.51. The molecule has 0 aromatic carbocycles. The summed E-state index contributed by atoms with van der Waals surface area (Å²) < 4.78 is 0. The number of rotatable bonds is 9. The Morgan fingerprint density at radius 2 is 1.25 bits per heavy atom. The Morgan fingerprint density at radius 3 is 1.44 bits per heavy atom. The Balaban J connectivity index is 3.73. The molecule has 94 valence electrons. The summed E-state index contributed by atoms with van der Waals surface area (Å²) in [5.41, 5.74) is 0. The minimum absolute atomic E-state index is 0.439. The Bertz CT molecular complexity index is 209. The van der Waals surface area contributed by atoms with E-state index in [9.17, 15) is 9.59 Å². The van der Waals surface area contributed by atoms with Gasteiger partial charge in [0.2, 0.25) is 0 Å². The van der Waals surface area contributed by atoms with Crippen molar-refractivity contribution in [3.8, 4) is 0 Å². The Hall–Kier alpha value is -1.14. The van der Waals surface area contributed by atoms with Crippen molar-refractivity contribution in [1.29, 1.82) is 0 Å². The molecule has 0 aliphatic rings. The molecule has 0 spiro atoms. The molecule has 0 saturated heterocycles. The van der Waals surface area contributed by atoms with Gasteiger partial charge < -0.3 is 20.8 Å². The minimum Gasteiger partial charge on any atom is -0.480 e. The molecule has 0 heterocycles. The predicted molar refractivity (Wildman–Crippen MR) is 59.4 cm³/mol. The summed E-state index contributed by atoms with van der Waals surface area (Å²) in [6.45, 7) is 4.44. The first-order valence-electron chi connectivity index (χ1n) is 5.45. The maximum atomic E-state index is 10.6. The fourth-order valence-electron chi connectivity index (χ4n) is 1.31. The van der Waals surface area contributed by atoms with Gasteiger partial charge in [0.15, 0.2) is 0 Å². The molecule has 0 amide bonds. The number of carboxylic acid groups (broad SMARTS) is 2. The fraction of sp³-hybridized carbons (Fsp3) is 0.800. The van der Waals surface area contributed by atoms with E-state index in [-0.39, 0.29) is 0 Å². The second kappa shape index (κ2) is 8.06. The highest BCUT2D eigenvalue weighted by Crippen LogP contribution is 1.91. The third kappa shape index (κ3) is 5.67. The van der Waals surface area contributed by atoms with E-state index in [1.54, 1.807) is 13.8 Å². The van der Waals surface area contributed by atoms with Crippen LogP contribution >= 0.6 is 0 Å². The smallest absolute Gasteiger partial charge is 0.320 e. The fourth-order valence-corrected chi connectivity index (χ4v) is 1.31. The molecule has 0 bridgehead atoms. The van der Waals surface area contributed by atoms with Gasteiger partial charge in [0.1, 0.15) is 12.1 Å². The molecule has 0 aliphatic carbocycles. The molecule has 6 nitrogen and oxygen atoms in total. The maximum absolute atomic E-state index is 10.6. The summed E-state index contributed by atoms with van der Waals surface area (Å²) in [6, 6.07) is -1.13. The Kier molecular flexibility index (Phi) is 7.49. The predicted octanol–water partition coefficient (Wildman–Crippen LogP) is -0.108. The largest absolute Gasteiger partial charge is 0.480 e. The van der Waals surface area contributed by atoms with Crippen LogP contribution in [-0.2, 0) is 9.59 Å². The van der Waals surface area contributed by atoms with Crippen molar-refractivity contribution in [3.63, 3.8) is 0 Å². The van der Waals surface area contributed by atoms with Crippen molar-refractivity contribution in [3.05, 3.63) is 0 Å². The van der Waals surface area contributed by atoms with Crippen molar-refractivity contribution >= 4 is 11.9 Å². The molecule has 0 unspecified atom stereocenters. The SMILES string of the molecule is CC[C@@H](NCCN[C@H](CC)C(=O)O)C(=O)O. The first-order valence-corrected chi connectivity index (χ1v) is 5.45. The zero-order valence-electron chi connectivity index (χ0n) is 9.69. The lowest BCUT2D eigenvalue weighted by Crippen LogP contribution is -2.43. The van der Waals surface area contributed by atoms with E-state index < -0.39 is 24.0 Å². The van der Waals surface area contributed by atoms with E-state index in [4.69, 9.17) is 10.2 Å². The van der Waals surface area contributed by atoms with Gasteiger partial charge in [0, 0.05) is 13.1 Å². The Labute approximate surface area is 95.0 Å². The first-order chi connectivity index (χ1) is 7.52. The summed E-state index contributed by atoms with van der Waals surface area (Å²) in [6.07, 6.45) is 1.01. The zero-order valence-corrected chi connectivity index (χ0v) is 9.69. The molecular weight excluding hydrogens is 212 g/mol. The number of aliphatic carboxylic acids is 2. The molecule has 2 atom stereocenters. The molecule has 0 aromatic rings. The first kappa shape index (κ1) is 14.9. The van der Waals surface area contributed by atoms with Gasteiger partial charge in [0.25, 0.3) is 0 Å². The third-order valence-electron chi connectivity index (χ3n) is 2.32. The maximum Gasteiger partial charge on any atom is 0.320 e. The average molecular weight is 232 g/mol. The molecule has 0 aliphatic heterocycles. The zero-order chi connectivity index (χ0) is 12.6. The van der Waals surface area contributed by atoms with E-state index in [2.05, 4.69) is 10.6 Å². The normalized spacial score (nSPS) is 14.4. The van der Waals surface area contributed by atoms with Gasteiger partial charge >= 0.3 is 11.9 Å². The van der Waals surface area contributed by atoms with Gasteiger partial charge in [0.05, 0.1) is 0 Å². The van der Waals surface area contributed by atoms with Crippen molar-refractivity contribution in [2.24, 2.45) is 0 Å². The van der Waals surface area contributed by atoms with Crippen LogP contribution in [0, 0.1) is 0 Å². The van der Waals surface area contributed by atoms with Crippen LogP contribution < -0.4 is 10.6 Å². The lowest BCUT2D eigenvalue weighted by molar-refractivity contribution is -0.140. The summed E-state index contributed by atoms with van der Waals surface area (Å²) in [5.74, 6) is -1.76. The van der Waals surface area contributed by atoms with Crippen LogP contribution in [0.3, 0.4) is 0 Å². The third-order valence-corrected chi connectivity index (χ3v) is 2.32. The second-order valence-corrected chi connectivity index (χ2v) is 3.51. The monoisotopic (exact) mass is 232 g/mol. The van der Waals surface area contributed by atoms with Crippen LogP contribution in [0.5, 0.6) is 0 Å². The van der Waals surface area contributed by atoms with E-state index in [1.807, 2.05) is 0 Å². The molecule has 0 rings (SSSR count). The number of hydrogen-bond donors (Lipinski definition) is 4. The highest BCUT2D eigenvalue weighted by atomic mass is 16.4. The number of carboxylic acids is 2. The molecular formula is C10H20N2O4. The van der Waals surface area contributed by atoms with Crippen molar-refractivity contribution in [2.75, 3.05) is 13.1 Å². The summed E-state index contributed by atoms with van der Waals surface area (Å²) >= 11 is 0. The summed E-state index contributed by atoms with van der Waals surface area (Å²) in [7, 11) is 0. The van der Waals surface area contributed by atoms with Gasteiger partial charge in [-0.25, -0.2) is 0 Å². The average Bonchev–Trinajstić information content (AvgIpc) is 2.22. The van der Waals surface area contributed by atoms with Crippen LogP contribution in [-0.4, -0.2) is 47.3 Å². The van der Waals surface area contributed by atoms with Crippen LogP contribution in [0.4, 0.5) is 0 Å². The van der Waals surface area contributed by atoms with E-state index in [1.165, 1.54) is 0 Å². The lowest BCUT2D eigenvalue weighted by Gasteiger charge is -2.15. The van der Waals surface area contributed by atoms with Gasteiger partial charge in [-0.05, 0) is 12.8 Å². The van der Waals surface area contributed by atoms with Crippen molar-refractivity contribution in [1.82, 2.24) is 10.6 Å². The lowest BCUT2D eigenvalue weighted by atomic mass is 10.2. The quantitative estimate of drug-likeness (QED) is 0.414. The summed E-state index contributed by atoms with van der Waals surface area (Å²) in [5, 5.41) is 23.1. The number of carbonyl (C=O) groups is 2. The number of hydrogen-bond acceptors (Lipinski definition) is 4. The van der Waals surface area contributed by atoms with Gasteiger partial charge in [-0.3, -0.25) is 9.59 Å². The van der Waals surface area contributed by atoms with Crippen molar-refractivity contribution < 1.29 is 19.8 Å². The summed E-state index contributed by atoms with van der Waals surface area (Å²) in [4.78, 5) is 21.3. The van der Waals surface area contributed by atoms with E-state index >= 15 is 0 Å². The highest BCUT2D eigenvalue weighted by molar-refractivity contribution is 5.73. The van der Waals surface area contributed by atoms with E-state index in [0.29, 0.717) is 25.9 Å². The molecule has 0 saturated carbocycles. The molecule has 16 heavy (non-hydrogen) atoms. The van der Waals surface area contributed by atoms with Crippen LogP contribution in [0.15, 0.2) is 0 Å². The Morgan fingerprint density at radius 1 is 0.938 bits per heavy atom. The van der Waals surface area contributed by atoms with Gasteiger partial charge in [-0.1, -0.05) is 13.8 Å². The molecule has 0 fully saturated rings. The van der Waals surface area contributed by atoms with Gasteiger partial charge in [-0.15, -0.1) is 0 Å². The van der Waals surface area contributed by atoms with Crippen molar-refractivity contribution in [2.45, 2.75) is 38.8 Å². The molecule has 6 heteroatoms. The topological polar surface area (TPSA) is 98.7 Å². The molecule has 0 aromatic heterocycles. The minimum atomic E-state index is -0.882. The molecule has 0 radical (unpaired) electrons. The van der Waals surface area contributed by atoms with Crippen LogP contribution in [0.25, 0.3) is 0 Å².